The van der Waals surface area contributed by atoms with Crippen molar-refractivity contribution >= 4 is 27.3 Å². The summed E-state index contributed by atoms with van der Waals surface area (Å²) in [7, 11) is -3.72. The summed E-state index contributed by atoms with van der Waals surface area (Å²) in [5, 5.41) is 2.76. The molecular formula is C24H26N2O4S. The number of carbonyl (C=O) groups excluding carboxylic acids is 1. The van der Waals surface area contributed by atoms with Crippen LogP contribution in [0.15, 0.2) is 83.8 Å². The number of carbonyl (C=O) groups is 1. The van der Waals surface area contributed by atoms with Gasteiger partial charge in [0.05, 0.1) is 4.90 Å². The summed E-state index contributed by atoms with van der Waals surface area (Å²) in [4.78, 5) is 12.7. The number of benzene rings is 3. The molecule has 1 amide bonds. The maximum absolute atomic E-state index is 12.6. The second-order valence-corrected chi connectivity index (χ2v) is 9.12. The molecule has 1 atom stereocenters. The predicted molar refractivity (Wildman–Crippen MR) is 123 cm³/mol. The number of para-hydroxylation sites is 2. The third-order valence-electron chi connectivity index (χ3n) is 4.67. The van der Waals surface area contributed by atoms with Gasteiger partial charge in [0.1, 0.15) is 5.75 Å². The highest BCUT2D eigenvalue weighted by Crippen LogP contribution is 2.27. The van der Waals surface area contributed by atoms with Gasteiger partial charge in [0.2, 0.25) is 0 Å². The van der Waals surface area contributed by atoms with Gasteiger partial charge in [-0.15, -0.1) is 0 Å². The number of sulfonamides is 1. The summed E-state index contributed by atoms with van der Waals surface area (Å²) in [5.74, 6) is 0.621. The molecule has 0 saturated heterocycles. The molecular weight excluding hydrogens is 412 g/mol. The molecule has 0 unspecified atom stereocenters. The van der Waals surface area contributed by atoms with E-state index in [9.17, 15) is 13.2 Å². The van der Waals surface area contributed by atoms with Crippen LogP contribution in [-0.4, -0.2) is 20.4 Å². The summed E-state index contributed by atoms with van der Waals surface area (Å²) < 4.78 is 33.4. The van der Waals surface area contributed by atoms with Crippen LogP contribution in [-0.2, 0) is 14.8 Å². The molecule has 2 N–H and O–H groups in total. The van der Waals surface area contributed by atoms with E-state index >= 15 is 0 Å². The Morgan fingerprint density at radius 1 is 0.806 bits per heavy atom. The topological polar surface area (TPSA) is 84.5 Å². The van der Waals surface area contributed by atoms with Crippen LogP contribution in [0.25, 0.3) is 0 Å². The Bertz CT molecular complexity index is 1130. The largest absolute Gasteiger partial charge is 0.481 e. The molecule has 3 rings (SSSR count). The minimum absolute atomic E-state index is 0.101. The van der Waals surface area contributed by atoms with E-state index in [2.05, 4.69) is 23.9 Å². The number of anilines is 2. The first kappa shape index (κ1) is 22.4. The smallest absolute Gasteiger partial charge is 0.265 e. The second kappa shape index (κ2) is 9.66. The van der Waals surface area contributed by atoms with Gasteiger partial charge in [0.15, 0.2) is 6.10 Å². The lowest BCUT2D eigenvalue weighted by atomic mass is 10.0. The molecule has 0 bridgehead atoms. The van der Waals surface area contributed by atoms with E-state index in [-0.39, 0.29) is 16.7 Å². The molecule has 6 nitrogen and oxygen atoms in total. The fraction of sp³-hybridized carbons (Fsp3) is 0.208. The Balaban J connectivity index is 1.65. The lowest BCUT2D eigenvalue weighted by molar-refractivity contribution is -0.122. The predicted octanol–water partition coefficient (Wildman–Crippen LogP) is 5.02. The third kappa shape index (κ3) is 5.86. The van der Waals surface area contributed by atoms with E-state index in [4.69, 9.17) is 4.74 Å². The highest BCUT2D eigenvalue weighted by Gasteiger charge is 2.18. The van der Waals surface area contributed by atoms with Crippen LogP contribution in [0.5, 0.6) is 5.75 Å². The number of hydrogen-bond acceptors (Lipinski definition) is 4. The van der Waals surface area contributed by atoms with Crippen LogP contribution in [0, 0.1) is 0 Å². The fourth-order valence-electron chi connectivity index (χ4n) is 2.99. The van der Waals surface area contributed by atoms with Crippen molar-refractivity contribution in [2.45, 2.75) is 37.7 Å². The summed E-state index contributed by atoms with van der Waals surface area (Å²) >= 11 is 0. The molecule has 0 heterocycles. The van der Waals surface area contributed by atoms with Crippen LogP contribution < -0.4 is 14.8 Å². The van der Waals surface area contributed by atoms with E-state index < -0.39 is 16.1 Å². The van der Waals surface area contributed by atoms with Crippen LogP contribution in [0.3, 0.4) is 0 Å². The number of nitrogens with one attached hydrogen (secondary N) is 2. The molecule has 0 fully saturated rings. The molecule has 7 heteroatoms. The number of ether oxygens (including phenoxy) is 1. The zero-order valence-electron chi connectivity index (χ0n) is 17.7. The van der Waals surface area contributed by atoms with Crippen molar-refractivity contribution in [2.75, 3.05) is 10.0 Å². The van der Waals surface area contributed by atoms with Crippen molar-refractivity contribution in [3.63, 3.8) is 0 Å². The molecule has 0 aliphatic heterocycles. The average molecular weight is 439 g/mol. The van der Waals surface area contributed by atoms with Crippen molar-refractivity contribution in [1.82, 2.24) is 0 Å². The summed E-state index contributed by atoms with van der Waals surface area (Å²) in [5.41, 5.74) is 1.99. The monoisotopic (exact) mass is 438 g/mol. The van der Waals surface area contributed by atoms with Crippen molar-refractivity contribution in [2.24, 2.45) is 0 Å². The molecule has 3 aromatic rings. The normalized spacial score (nSPS) is 12.3. The van der Waals surface area contributed by atoms with Crippen LogP contribution in [0.2, 0.25) is 0 Å². The van der Waals surface area contributed by atoms with E-state index in [0.717, 1.165) is 5.56 Å². The maximum atomic E-state index is 12.6. The van der Waals surface area contributed by atoms with Gasteiger partial charge < -0.3 is 10.1 Å². The summed E-state index contributed by atoms with van der Waals surface area (Å²) in [6.07, 6.45) is -0.719. The molecule has 0 aliphatic carbocycles. The summed E-state index contributed by atoms with van der Waals surface area (Å²) in [6, 6.07) is 22.3. The van der Waals surface area contributed by atoms with E-state index in [0.29, 0.717) is 17.1 Å². The third-order valence-corrected chi connectivity index (χ3v) is 6.07. The Kier molecular flexibility index (Phi) is 6.97. The van der Waals surface area contributed by atoms with E-state index in [1.807, 2.05) is 24.3 Å². The van der Waals surface area contributed by atoms with Gasteiger partial charge in [0, 0.05) is 11.4 Å². The average Bonchev–Trinajstić information content (AvgIpc) is 2.74. The van der Waals surface area contributed by atoms with Crippen molar-refractivity contribution < 1.29 is 17.9 Å². The first-order valence-electron chi connectivity index (χ1n) is 10.0. The van der Waals surface area contributed by atoms with Gasteiger partial charge >= 0.3 is 0 Å². The standard InChI is InChI=1S/C24H26N2O4S/c1-17(2)22-11-7-8-12-23(22)30-18(3)24(27)25-19-13-15-21(16-14-19)31(28,29)26-20-9-5-4-6-10-20/h4-18,26H,1-3H3,(H,25,27)/t18-/m1/s1. The van der Waals surface area contributed by atoms with Gasteiger partial charge in [-0.3, -0.25) is 9.52 Å². The number of amides is 1. The highest BCUT2D eigenvalue weighted by atomic mass is 32.2. The zero-order chi connectivity index (χ0) is 22.4. The van der Waals surface area contributed by atoms with E-state index in [1.54, 1.807) is 49.4 Å². The first-order chi connectivity index (χ1) is 14.8. The number of hydrogen-bond donors (Lipinski definition) is 2. The van der Waals surface area contributed by atoms with E-state index in [1.165, 1.54) is 12.1 Å². The Morgan fingerprint density at radius 2 is 1.42 bits per heavy atom. The lowest BCUT2D eigenvalue weighted by Crippen LogP contribution is -2.30. The Labute approximate surface area is 183 Å². The Morgan fingerprint density at radius 3 is 2.06 bits per heavy atom. The van der Waals surface area contributed by atoms with Crippen LogP contribution in [0.1, 0.15) is 32.3 Å². The molecule has 0 aromatic heterocycles. The minimum atomic E-state index is -3.72. The molecule has 0 saturated carbocycles. The van der Waals surface area contributed by atoms with Crippen molar-refractivity contribution in [3.8, 4) is 5.75 Å². The number of rotatable bonds is 8. The molecule has 3 aromatic carbocycles. The fourth-order valence-corrected chi connectivity index (χ4v) is 4.05. The maximum Gasteiger partial charge on any atom is 0.265 e. The molecule has 0 radical (unpaired) electrons. The Hall–Kier alpha value is -3.32. The van der Waals surface area contributed by atoms with Gasteiger partial charge in [0.25, 0.3) is 15.9 Å². The lowest BCUT2D eigenvalue weighted by Gasteiger charge is -2.18. The van der Waals surface area contributed by atoms with Gasteiger partial charge in [-0.1, -0.05) is 50.2 Å². The highest BCUT2D eigenvalue weighted by molar-refractivity contribution is 7.92. The summed E-state index contributed by atoms with van der Waals surface area (Å²) in [6.45, 7) is 5.80. The van der Waals surface area contributed by atoms with Gasteiger partial charge in [-0.25, -0.2) is 8.42 Å². The zero-order valence-corrected chi connectivity index (χ0v) is 18.5. The van der Waals surface area contributed by atoms with Crippen LogP contribution in [0.4, 0.5) is 11.4 Å². The SMILES string of the molecule is CC(C)c1ccccc1O[C@H](C)C(=O)Nc1ccc(S(=O)(=O)Nc2ccccc2)cc1. The van der Waals surface area contributed by atoms with Gasteiger partial charge in [-0.05, 0) is 60.9 Å². The second-order valence-electron chi connectivity index (χ2n) is 7.44. The minimum Gasteiger partial charge on any atom is -0.481 e. The van der Waals surface area contributed by atoms with Crippen LogP contribution >= 0.6 is 0 Å². The quantitative estimate of drug-likeness (QED) is 0.517. The van der Waals surface area contributed by atoms with Crippen molar-refractivity contribution in [1.29, 1.82) is 0 Å². The first-order valence-corrected chi connectivity index (χ1v) is 11.5. The molecule has 0 aliphatic rings. The molecule has 0 spiro atoms. The van der Waals surface area contributed by atoms with Gasteiger partial charge in [-0.2, -0.15) is 0 Å². The van der Waals surface area contributed by atoms with Crippen molar-refractivity contribution in [3.05, 3.63) is 84.4 Å². The molecule has 162 valence electrons. The molecule has 31 heavy (non-hydrogen) atoms.